The molecule has 2 heterocycles. The molecular formula is C34H47N3O13. The Morgan fingerprint density at radius 2 is 1.32 bits per heavy atom. The summed E-state index contributed by atoms with van der Waals surface area (Å²) < 4.78 is 37.3. The van der Waals surface area contributed by atoms with Gasteiger partial charge in [0, 0.05) is 25.5 Å². The number of hydrogen-bond acceptors (Lipinski definition) is 13. The van der Waals surface area contributed by atoms with E-state index in [9.17, 15) is 28.8 Å². The van der Waals surface area contributed by atoms with Gasteiger partial charge in [-0.2, -0.15) is 0 Å². The van der Waals surface area contributed by atoms with Crippen LogP contribution in [0.3, 0.4) is 0 Å². The molecule has 1 saturated heterocycles. The standard InChI is InChI=1S/C34H47N3O13/c1-2-30(40)50-24-23-49-22-21-48-20-19-47-18-17-46-16-15-45-14-13-44-12-5-3-4-9-28(38)35-26-8-6-7-25-31(26)34(43)37(33(25)42)27-10-11-29(39)36-32(27)41/h2,6-8,27H,1,3-5,9-24H2,(H,35,38)(H,36,39,41). The molecule has 1 atom stereocenters. The lowest BCUT2D eigenvalue weighted by Gasteiger charge is -2.27. The minimum Gasteiger partial charge on any atom is -0.460 e. The maximum Gasteiger partial charge on any atom is 0.330 e. The third-order valence-corrected chi connectivity index (χ3v) is 7.43. The van der Waals surface area contributed by atoms with Gasteiger partial charge in [-0.25, -0.2) is 4.79 Å². The average Bonchev–Trinajstić information content (AvgIpc) is 3.36. The molecule has 0 radical (unpaired) electrons. The van der Waals surface area contributed by atoms with Gasteiger partial charge in [-0.3, -0.25) is 34.2 Å². The van der Waals surface area contributed by atoms with Gasteiger partial charge in [0.1, 0.15) is 12.6 Å². The first kappa shape index (κ1) is 40.4. The van der Waals surface area contributed by atoms with Crippen LogP contribution < -0.4 is 10.6 Å². The molecule has 2 aliphatic rings. The fourth-order valence-electron chi connectivity index (χ4n) is 4.96. The van der Waals surface area contributed by atoms with Crippen LogP contribution in [0.15, 0.2) is 30.9 Å². The van der Waals surface area contributed by atoms with Crippen LogP contribution in [0.25, 0.3) is 0 Å². The normalized spacial score (nSPS) is 15.6. The maximum absolute atomic E-state index is 13.2. The van der Waals surface area contributed by atoms with E-state index in [1.165, 1.54) is 6.07 Å². The zero-order valence-corrected chi connectivity index (χ0v) is 28.3. The zero-order chi connectivity index (χ0) is 36.0. The van der Waals surface area contributed by atoms with E-state index in [0.717, 1.165) is 23.8 Å². The summed E-state index contributed by atoms with van der Waals surface area (Å²) in [4.78, 5) is 74.2. The highest BCUT2D eigenvalue weighted by Crippen LogP contribution is 2.32. The van der Waals surface area contributed by atoms with Crippen molar-refractivity contribution in [2.24, 2.45) is 0 Å². The number of unbranched alkanes of at least 4 members (excludes halogenated alkanes) is 2. The van der Waals surface area contributed by atoms with Gasteiger partial charge in [-0.15, -0.1) is 0 Å². The minimum absolute atomic E-state index is 0.0268. The predicted molar refractivity (Wildman–Crippen MR) is 176 cm³/mol. The van der Waals surface area contributed by atoms with E-state index in [4.69, 9.17) is 33.2 Å². The number of fused-ring (bicyclic) bond motifs is 1. The maximum atomic E-state index is 13.2. The van der Waals surface area contributed by atoms with Crippen LogP contribution in [-0.2, 0) is 52.3 Å². The number of benzene rings is 1. The summed E-state index contributed by atoms with van der Waals surface area (Å²) >= 11 is 0. The molecule has 1 aromatic carbocycles. The van der Waals surface area contributed by atoms with E-state index < -0.39 is 35.6 Å². The Morgan fingerprint density at radius 1 is 0.760 bits per heavy atom. The lowest BCUT2D eigenvalue weighted by atomic mass is 10.0. The minimum atomic E-state index is -1.07. The van der Waals surface area contributed by atoms with Crippen LogP contribution >= 0.6 is 0 Å². The van der Waals surface area contributed by atoms with E-state index in [-0.39, 0.29) is 48.6 Å². The Morgan fingerprint density at radius 3 is 1.88 bits per heavy atom. The summed E-state index contributed by atoms with van der Waals surface area (Å²) in [5.74, 6) is -3.21. The molecule has 3 rings (SSSR count). The predicted octanol–water partition coefficient (Wildman–Crippen LogP) is 1.42. The SMILES string of the molecule is C=CC(=O)OCCOCCOCCOCCOCCOCCOCCCCCC(=O)Nc1cccc2c1C(=O)N(C1CCC(=O)NC1=O)C2=O. The first-order valence-corrected chi connectivity index (χ1v) is 16.7. The van der Waals surface area contributed by atoms with Gasteiger partial charge >= 0.3 is 5.97 Å². The van der Waals surface area contributed by atoms with Crippen molar-refractivity contribution in [1.29, 1.82) is 0 Å². The van der Waals surface area contributed by atoms with Crippen molar-refractivity contribution >= 4 is 41.2 Å². The van der Waals surface area contributed by atoms with Gasteiger partial charge < -0.3 is 38.5 Å². The molecule has 0 bridgehead atoms. The molecule has 0 spiro atoms. The molecule has 16 nitrogen and oxygen atoms in total. The molecule has 0 aromatic heterocycles. The second-order valence-corrected chi connectivity index (χ2v) is 11.1. The van der Waals surface area contributed by atoms with Crippen molar-refractivity contribution in [3.8, 4) is 0 Å². The Balaban J connectivity index is 1.11. The number of nitrogens with one attached hydrogen (secondary N) is 2. The van der Waals surface area contributed by atoms with E-state index >= 15 is 0 Å². The summed E-state index contributed by atoms with van der Waals surface area (Å²) in [6.45, 7) is 8.65. The second kappa shape index (κ2) is 23.4. The molecule has 1 unspecified atom stereocenters. The van der Waals surface area contributed by atoms with Gasteiger partial charge in [-0.1, -0.05) is 19.1 Å². The van der Waals surface area contributed by atoms with Crippen molar-refractivity contribution in [1.82, 2.24) is 10.2 Å². The third kappa shape index (κ3) is 14.0. The monoisotopic (exact) mass is 705 g/mol. The summed E-state index contributed by atoms with van der Waals surface area (Å²) in [6.07, 6.45) is 3.53. The first-order valence-electron chi connectivity index (χ1n) is 16.7. The van der Waals surface area contributed by atoms with Gasteiger partial charge in [0.2, 0.25) is 17.7 Å². The number of nitrogens with zero attached hydrogens (tertiary/aromatic N) is 1. The highest BCUT2D eigenvalue weighted by Gasteiger charge is 2.45. The number of amides is 5. The third-order valence-electron chi connectivity index (χ3n) is 7.43. The van der Waals surface area contributed by atoms with Crippen molar-refractivity contribution in [2.75, 3.05) is 91.2 Å². The Kier molecular flexibility index (Phi) is 18.9. The van der Waals surface area contributed by atoms with Crippen LogP contribution in [0.5, 0.6) is 0 Å². The summed E-state index contributed by atoms with van der Waals surface area (Å²) in [7, 11) is 0. The van der Waals surface area contributed by atoms with Gasteiger partial charge in [0.05, 0.1) is 89.5 Å². The number of carbonyl (C=O) groups is 6. The first-order chi connectivity index (χ1) is 24.3. The highest BCUT2D eigenvalue weighted by molar-refractivity contribution is 6.26. The zero-order valence-electron chi connectivity index (χ0n) is 28.3. The molecule has 0 saturated carbocycles. The second-order valence-electron chi connectivity index (χ2n) is 11.1. The lowest BCUT2D eigenvalue weighted by Crippen LogP contribution is -2.54. The van der Waals surface area contributed by atoms with E-state index in [1.54, 1.807) is 12.1 Å². The molecule has 2 aliphatic heterocycles. The fraction of sp³-hybridized carbons (Fsp3) is 0.588. The molecule has 2 N–H and O–H groups in total. The summed E-state index contributed by atoms with van der Waals surface area (Å²) in [5, 5.41) is 4.89. The highest BCUT2D eigenvalue weighted by atomic mass is 16.6. The quantitative estimate of drug-likeness (QED) is 0.0578. The van der Waals surface area contributed by atoms with Crippen LogP contribution in [0.4, 0.5) is 5.69 Å². The number of esters is 1. The van der Waals surface area contributed by atoms with Crippen molar-refractivity contribution in [3.63, 3.8) is 0 Å². The molecule has 276 valence electrons. The number of imide groups is 2. The number of hydrogen-bond donors (Lipinski definition) is 2. The smallest absolute Gasteiger partial charge is 0.330 e. The lowest BCUT2D eigenvalue weighted by molar-refractivity contribution is -0.139. The van der Waals surface area contributed by atoms with Crippen molar-refractivity contribution in [2.45, 2.75) is 44.6 Å². The molecule has 16 heteroatoms. The Hall–Kier alpha value is -4.06. The van der Waals surface area contributed by atoms with Gasteiger partial charge in [0.25, 0.3) is 11.8 Å². The fourth-order valence-corrected chi connectivity index (χ4v) is 4.96. The van der Waals surface area contributed by atoms with Crippen LogP contribution in [0.2, 0.25) is 0 Å². The number of rotatable bonds is 27. The average molecular weight is 706 g/mol. The summed E-state index contributed by atoms with van der Waals surface area (Å²) in [6, 6.07) is 3.51. The Labute approximate surface area is 291 Å². The topological polar surface area (TPSA) is 194 Å². The largest absolute Gasteiger partial charge is 0.460 e. The number of anilines is 1. The van der Waals surface area contributed by atoms with Crippen molar-refractivity contribution in [3.05, 3.63) is 42.0 Å². The number of piperidine rings is 1. The molecule has 5 amide bonds. The summed E-state index contributed by atoms with van der Waals surface area (Å²) in [5.41, 5.74) is 0.373. The van der Waals surface area contributed by atoms with Crippen LogP contribution in [0.1, 0.15) is 59.2 Å². The number of carbonyl (C=O) groups excluding carboxylic acids is 6. The van der Waals surface area contributed by atoms with E-state index in [2.05, 4.69) is 17.2 Å². The van der Waals surface area contributed by atoms with Crippen LogP contribution in [0, 0.1) is 0 Å². The van der Waals surface area contributed by atoms with Crippen molar-refractivity contribution < 1.29 is 61.9 Å². The Bertz CT molecular complexity index is 1300. The molecule has 1 aromatic rings. The van der Waals surface area contributed by atoms with Crippen LogP contribution in [-0.4, -0.2) is 132 Å². The van der Waals surface area contributed by atoms with E-state index in [1.807, 2.05) is 0 Å². The van der Waals surface area contributed by atoms with E-state index in [0.29, 0.717) is 85.7 Å². The molecule has 0 aliphatic carbocycles. The number of ether oxygens (including phenoxy) is 7. The molecular weight excluding hydrogens is 658 g/mol. The van der Waals surface area contributed by atoms with Gasteiger partial charge in [-0.05, 0) is 31.4 Å². The van der Waals surface area contributed by atoms with Gasteiger partial charge in [0.15, 0.2) is 0 Å². The molecule has 1 fully saturated rings. The molecule has 50 heavy (non-hydrogen) atoms.